The Hall–Kier alpha value is -0.490. The summed E-state index contributed by atoms with van der Waals surface area (Å²) in [6.07, 6.45) is 5.80. The van der Waals surface area contributed by atoms with Crippen LogP contribution in [0.5, 0.6) is 0 Å². The number of halogens is 1. The van der Waals surface area contributed by atoms with Crippen LogP contribution in [0.3, 0.4) is 0 Å². The molecule has 1 aliphatic rings. The van der Waals surface area contributed by atoms with Crippen LogP contribution in [0.25, 0.3) is 0 Å². The molecule has 2 unspecified atom stereocenters. The van der Waals surface area contributed by atoms with Gasteiger partial charge in [-0.25, -0.2) is 0 Å². The van der Waals surface area contributed by atoms with E-state index in [-0.39, 0.29) is 6.04 Å². The molecular formula is C14H23BrN4. The molecule has 4 nitrogen and oxygen atoms in total. The highest BCUT2D eigenvalue weighted by molar-refractivity contribution is 9.10. The van der Waals surface area contributed by atoms with Gasteiger partial charge in [-0.1, -0.05) is 0 Å². The van der Waals surface area contributed by atoms with Gasteiger partial charge in [0, 0.05) is 35.5 Å². The number of hydrogen-bond donors (Lipinski definition) is 1. The lowest BCUT2D eigenvalue weighted by Gasteiger charge is -2.32. The minimum absolute atomic E-state index is 0.140. The van der Waals surface area contributed by atoms with E-state index in [4.69, 9.17) is 5.73 Å². The van der Waals surface area contributed by atoms with Gasteiger partial charge in [0.05, 0.1) is 0 Å². The smallest absolute Gasteiger partial charge is 0.0410 e. The molecule has 1 aromatic heterocycles. The summed E-state index contributed by atoms with van der Waals surface area (Å²) in [5.41, 5.74) is 7.64. The summed E-state index contributed by atoms with van der Waals surface area (Å²) in [5, 5.41) is 0. The van der Waals surface area contributed by atoms with Crippen molar-refractivity contribution in [2.75, 3.05) is 33.7 Å². The zero-order valence-electron chi connectivity index (χ0n) is 11.7. The molecule has 2 rings (SSSR count). The third kappa shape index (κ3) is 4.24. The fourth-order valence-electron chi connectivity index (χ4n) is 2.74. The maximum Gasteiger partial charge on any atom is 0.0410 e. The highest BCUT2D eigenvalue weighted by Gasteiger charge is 2.26. The second kappa shape index (κ2) is 6.79. The quantitative estimate of drug-likeness (QED) is 0.910. The van der Waals surface area contributed by atoms with Crippen molar-refractivity contribution in [3.63, 3.8) is 0 Å². The van der Waals surface area contributed by atoms with Crippen molar-refractivity contribution in [1.29, 1.82) is 0 Å². The molecule has 2 heterocycles. The zero-order valence-corrected chi connectivity index (χ0v) is 13.3. The molecular weight excluding hydrogens is 304 g/mol. The number of aromatic nitrogens is 1. The maximum atomic E-state index is 6.44. The predicted octanol–water partition coefficient (Wildman–Crippen LogP) is 1.35. The van der Waals surface area contributed by atoms with Crippen molar-refractivity contribution in [3.05, 3.63) is 28.5 Å². The van der Waals surface area contributed by atoms with E-state index < -0.39 is 0 Å². The normalized spacial score (nSPS) is 24.1. The van der Waals surface area contributed by atoms with Crippen LogP contribution in [0.1, 0.15) is 12.0 Å². The molecule has 0 bridgehead atoms. The van der Waals surface area contributed by atoms with Crippen LogP contribution in [0.15, 0.2) is 22.9 Å². The lowest BCUT2D eigenvalue weighted by Crippen LogP contribution is -2.51. The largest absolute Gasteiger partial charge is 0.326 e. The monoisotopic (exact) mass is 326 g/mol. The van der Waals surface area contributed by atoms with Crippen molar-refractivity contribution in [2.45, 2.75) is 24.9 Å². The first kappa shape index (κ1) is 14.9. The molecule has 2 atom stereocenters. The van der Waals surface area contributed by atoms with Gasteiger partial charge < -0.3 is 15.5 Å². The molecule has 0 aliphatic carbocycles. The second-order valence-corrected chi connectivity index (χ2v) is 6.46. The molecule has 2 N–H and O–H groups in total. The Labute approximate surface area is 124 Å². The van der Waals surface area contributed by atoms with E-state index >= 15 is 0 Å². The van der Waals surface area contributed by atoms with Gasteiger partial charge in [0.1, 0.15) is 0 Å². The van der Waals surface area contributed by atoms with Gasteiger partial charge in [0.25, 0.3) is 0 Å². The van der Waals surface area contributed by atoms with E-state index in [1.807, 2.05) is 6.20 Å². The molecule has 1 aromatic rings. The van der Waals surface area contributed by atoms with Crippen molar-refractivity contribution in [2.24, 2.45) is 5.73 Å². The molecule has 0 amide bonds. The third-order valence-electron chi connectivity index (χ3n) is 3.84. The number of pyridine rings is 1. The fourth-order valence-corrected chi connectivity index (χ4v) is 3.16. The van der Waals surface area contributed by atoms with Gasteiger partial charge >= 0.3 is 0 Å². The Morgan fingerprint density at radius 2 is 2.21 bits per heavy atom. The number of nitrogens with two attached hydrogens (primary N) is 1. The molecule has 0 radical (unpaired) electrons. The molecule has 1 aliphatic heterocycles. The first-order chi connectivity index (χ1) is 9.06. The fraction of sp³-hybridized carbons (Fsp3) is 0.643. The van der Waals surface area contributed by atoms with Gasteiger partial charge in [-0.15, -0.1) is 0 Å². The van der Waals surface area contributed by atoms with Gasteiger partial charge in [0.2, 0.25) is 0 Å². The van der Waals surface area contributed by atoms with Gasteiger partial charge in [-0.3, -0.25) is 4.98 Å². The van der Waals surface area contributed by atoms with Gasteiger partial charge in [-0.05, 0) is 67.6 Å². The number of likely N-dealkylation sites (N-methyl/N-ethyl adjacent to an activating group) is 2. The lowest BCUT2D eigenvalue weighted by atomic mass is 10.00. The predicted molar refractivity (Wildman–Crippen MR) is 82.1 cm³/mol. The zero-order chi connectivity index (χ0) is 13.8. The highest BCUT2D eigenvalue weighted by Crippen LogP contribution is 2.15. The Kier molecular flexibility index (Phi) is 5.33. The average Bonchev–Trinajstić information content (AvgIpc) is 2.51. The van der Waals surface area contributed by atoms with Gasteiger partial charge in [-0.2, -0.15) is 0 Å². The number of nitrogens with zero attached hydrogens (tertiary/aromatic N) is 3. The summed E-state index contributed by atoms with van der Waals surface area (Å²) < 4.78 is 1.02. The summed E-state index contributed by atoms with van der Waals surface area (Å²) in [6.45, 7) is 3.32. The van der Waals surface area contributed by atoms with Crippen molar-refractivity contribution in [1.82, 2.24) is 14.8 Å². The molecule has 0 aromatic carbocycles. The highest BCUT2D eigenvalue weighted by atomic mass is 79.9. The lowest BCUT2D eigenvalue weighted by molar-refractivity contribution is 0.195. The Morgan fingerprint density at radius 3 is 2.95 bits per heavy atom. The molecule has 19 heavy (non-hydrogen) atoms. The maximum absolute atomic E-state index is 6.44. The van der Waals surface area contributed by atoms with E-state index in [1.54, 1.807) is 6.20 Å². The first-order valence-electron chi connectivity index (χ1n) is 6.80. The van der Waals surface area contributed by atoms with Crippen LogP contribution in [-0.2, 0) is 6.42 Å². The third-order valence-corrected chi connectivity index (χ3v) is 4.28. The van der Waals surface area contributed by atoms with Crippen LogP contribution in [0, 0.1) is 0 Å². The molecule has 0 spiro atoms. The number of hydrogen-bond acceptors (Lipinski definition) is 4. The van der Waals surface area contributed by atoms with Crippen LogP contribution in [0.4, 0.5) is 0 Å². The molecule has 5 heteroatoms. The summed E-state index contributed by atoms with van der Waals surface area (Å²) >= 11 is 3.46. The minimum atomic E-state index is 0.140. The number of rotatable bonds is 3. The first-order valence-corrected chi connectivity index (χ1v) is 7.59. The Bertz CT molecular complexity index is 412. The summed E-state index contributed by atoms with van der Waals surface area (Å²) in [7, 11) is 4.36. The van der Waals surface area contributed by atoms with Crippen molar-refractivity contribution < 1.29 is 0 Å². The van der Waals surface area contributed by atoms with E-state index in [1.165, 1.54) is 12.0 Å². The second-order valence-electron chi connectivity index (χ2n) is 5.54. The van der Waals surface area contributed by atoms with E-state index in [9.17, 15) is 0 Å². The molecule has 1 fully saturated rings. The van der Waals surface area contributed by atoms with Crippen molar-refractivity contribution in [3.8, 4) is 0 Å². The molecule has 1 saturated heterocycles. The summed E-state index contributed by atoms with van der Waals surface area (Å²) in [6, 6.07) is 2.65. The standard InChI is InChI=1S/C14H23BrN4/c1-18-4-3-5-19(2)14(10-18)13(16)7-11-6-12(15)9-17-8-11/h6,8-9,13-14H,3-5,7,10,16H2,1-2H3. The van der Waals surface area contributed by atoms with Crippen LogP contribution in [-0.4, -0.2) is 60.6 Å². The molecule has 0 saturated carbocycles. The van der Waals surface area contributed by atoms with Crippen molar-refractivity contribution >= 4 is 15.9 Å². The SMILES string of the molecule is CN1CCCN(C)C(C(N)Cc2cncc(Br)c2)C1. The Balaban J connectivity index is 2.03. The topological polar surface area (TPSA) is 45.4 Å². The summed E-state index contributed by atoms with van der Waals surface area (Å²) in [4.78, 5) is 8.99. The van der Waals surface area contributed by atoms with E-state index in [2.05, 4.69) is 50.9 Å². The minimum Gasteiger partial charge on any atom is -0.326 e. The van der Waals surface area contributed by atoms with Crippen LogP contribution in [0.2, 0.25) is 0 Å². The average molecular weight is 327 g/mol. The van der Waals surface area contributed by atoms with E-state index in [0.29, 0.717) is 6.04 Å². The Morgan fingerprint density at radius 1 is 1.42 bits per heavy atom. The van der Waals surface area contributed by atoms with Crippen LogP contribution >= 0.6 is 15.9 Å². The molecule has 106 valence electrons. The summed E-state index contributed by atoms with van der Waals surface area (Å²) in [5.74, 6) is 0. The van der Waals surface area contributed by atoms with E-state index in [0.717, 1.165) is 30.5 Å². The van der Waals surface area contributed by atoms with Gasteiger partial charge in [0.15, 0.2) is 0 Å². The van der Waals surface area contributed by atoms with Crippen LogP contribution < -0.4 is 5.73 Å².